The van der Waals surface area contributed by atoms with Crippen molar-refractivity contribution in [2.24, 2.45) is 34.5 Å². The molecule has 55 heavy (non-hydrogen) atoms. The fourth-order valence-corrected chi connectivity index (χ4v) is 12.9. The first kappa shape index (κ1) is 40.6. The first-order valence-electron chi connectivity index (χ1n) is 21.1. The van der Waals surface area contributed by atoms with E-state index in [1.807, 2.05) is 13.0 Å². The van der Waals surface area contributed by atoms with Crippen LogP contribution in [0.5, 0.6) is 0 Å². The highest BCUT2D eigenvalue weighted by atomic mass is 16.7. The Morgan fingerprint density at radius 1 is 0.691 bits per heavy atom. The van der Waals surface area contributed by atoms with Gasteiger partial charge < -0.3 is 63.8 Å². The number of ether oxygens (including phenoxy) is 7. The molecule has 0 spiro atoms. The minimum atomic E-state index is -0.998. The molecule has 0 aromatic carbocycles. The molecular weight excluding hydrogens is 712 g/mol. The van der Waals surface area contributed by atoms with Gasteiger partial charge in [0.05, 0.1) is 54.4 Å². The Bertz CT molecular complexity index is 1410. The molecule has 0 aromatic heterocycles. The van der Waals surface area contributed by atoms with Crippen molar-refractivity contribution in [3.8, 4) is 0 Å². The van der Waals surface area contributed by atoms with E-state index >= 15 is 0 Å². The van der Waals surface area contributed by atoms with Gasteiger partial charge in [0, 0.05) is 37.0 Å². The van der Waals surface area contributed by atoms with Crippen molar-refractivity contribution in [2.45, 2.75) is 197 Å². The monoisotopic (exact) mass is 778 g/mol. The molecular formula is C42H66O13. The van der Waals surface area contributed by atoms with E-state index in [-0.39, 0.29) is 42.6 Å². The van der Waals surface area contributed by atoms with Crippen LogP contribution in [0.1, 0.15) is 105 Å². The fraction of sp³-hybridized carbons (Fsp3) is 0.905. The van der Waals surface area contributed by atoms with Crippen molar-refractivity contribution in [2.75, 3.05) is 6.61 Å². The van der Waals surface area contributed by atoms with Crippen molar-refractivity contribution >= 4 is 0 Å². The van der Waals surface area contributed by atoms with Crippen LogP contribution in [0.25, 0.3) is 0 Å². The molecule has 13 nitrogen and oxygen atoms in total. The molecule has 13 heteroatoms. The summed E-state index contributed by atoms with van der Waals surface area (Å²) in [6, 6.07) is 0. The van der Waals surface area contributed by atoms with Crippen LogP contribution in [-0.2, 0) is 33.2 Å². The van der Waals surface area contributed by atoms with Gasteiger partial charge in [0.2, 0.25) is 0 Å². The Labute approximate surface area is 325 Å². The van der Waals surface area contributed by atoms with Gasteiger partial charge >= 0.3 is 0 Å². The van der Waals surface area contributed by atoms with E-state index in [0.29, 0.717) is 30.6 Å². The van der Waals surface area contributed by atoms with Crippen LogP contribution in [0.2, 0.25) is 0 Å². The number of hydrogen-bond donors (Lipinski definition) is 6. The zero-order valence-electron chi connectivity index (χ0n) is 33.2. The summed E-state index contributed by atoms with van der Waals surface area (Å²) in [5, 5.41) is 66.5. The molecule has 0 bridgehead atoms. The molecule has 0 aromatic rings. The Hall–Kier alpha value is -1.20. The third kappa shape index (κ3) is 7.07. The first-order chi connectivity index (χ1) is 26.0. The molecule has 4 saturated carbocycles. The van der Waals surface area contributed by atoms with Crippen molar-refractivity contribution in [1.29, 1.82) is 0 Å². The van der Waals surface area contributed by atoms with Crippen LogP contribution in [0.3, 0.4) is 0 Å². The fourth-order valence-electron chi connectivity index (χ4n) is 12.9. The molecule has 7 fully saturated rings. The van der Waals surface area contributed by atoms with E-state index < -0.39 is 90.9 Å². The minimum Gasteiger partial charge on any atom is -0.490 e. The number of allylic oxidation sites excluding steroid dienone is 1. The smallest absolute Gasteiger partial charge is 0.161 e. The molecule has 8 rings (SSSR count). The lowest BCUT2D eigenvalue weighted by molar-refractivity contribution is -0.336. The summed E-state index contributed by atoms with van der Waals surface area (Å²) in [6.07, 6.45) is -0.132. The summed E-state index contributed by atoms with van der Waals surface area (Å²) in [7, 11) is 0. The summed E-state index contributed by atoms with van der Waals surface area (Å²) >= 11 is 0. The van der Waals surface area contributed by atoms with E-state index in [2.05, 4.69) is 20.4 Å². The lowest BCUT2D eigenvalue weighted by Gasteiger charge is -2.63. The van der Waals surface area contributed by atoms with Crippen molar-refractivity contribution in [3.05, 3.63) is 24.0 Å². The standard InChI is InChI=1S/C42H66O13/c1-20-13-24(19-49-20)36-32(46)18-42(48)28-8-7-25-14-26(9-11-40(25,5)27(28)10-12-41(36,42)6)53-33-16-30(44)38(22(3)51-33)55-35-17-31(45)39(23(4)52-35)54-34-15-29(43)37(47)21(2)50-34/h13,21-23,25-39,43-48H,1,7-12,14-19H2,2-6H3/t21?,22?,23?,25-,26+,27+,28-,29-,30-,31-,32+,33+,34+,35+,36+,37-,38-,39-,40+,41-,42+/m1/s1. The van der Waals surface area contributed by atoms with Gasteiger partial charge in [-0.15, -0.1) is 0 Å². The molecule has 3 saturated heterocycles. The van der Waals surface area contributed by atoms with Crippen molar-refractivity contribution in [3.63, 3.8) is 0 Å². The lowest BCUT2D eigenvalue weighted by Crippen LogP contribution is -2.62. The number of fused-ring (bicyclic) bond motifs is 5. The van der Waals surface area contributed by atoms with E-state index in [1.54, 1.807) is 13.8 Å². The predicted molar refractivity (Wildman–Crippen MR) is 197 cm³/mol. The average Bonchev–Trinajstić information content (AvgIpc) is 3.62. The highest BCUT2D eigenvalue weighted by molar-refractivity contribution is 5.32. The summed E-state index contributed by atoms with van der Waals surface area (Å²) in [6.45, 7) is 14.3. The van der Waals surface area contributed by atoms with Gasteiger partial charge in [-0.1, -0.05) is 20.4 Å². The maximum atomic E-state index is 12.6. The first-order valence-corrected chi connectivity index (χ1v) is 21.1. The summed E-state index contributed by atoms with van der Waals surface area (Å²) < 4.78 is 42.6. The number of aliphatic hydroxyl groups excluding tert-OH is 5. The highest BCUT2D eigenvalue weighted by Gasteiger charge is 2.70. The molecule has 21 atom stereocenters. The second kappa shape index (κ2) is 15.1. The highest BCUT2D eigenvalue weighted by Crippen LogP contribution is 2.70. The van der Waals surface area contributed by atoms with Gasteiger partial charge in [-0.2, -0.15) is 0 Å². The van der Waals surface area contributed by atoms with Gasteiger partial charge in [0.1, 0.15) is 30.7 Å². The van der Waals surface area contributed by atoms with Gasteiger partial charge in [-0.05, 0) is 101 Å². The van der Waals surface area contributed by atoms with Crippen molar-refractivity contribution < 1.29 is 63.8 Å². The van der Waals surface area contributed by atoms with Gasteiger partial charge in [-0.3, -0.25) is 0 Å². The summed E-state index contributed by atoms with van der Waals surface area (Å²) in [5.74, 6) is 1.48. The van der Waals surface area contributed by atoms with Gasteiger partial charge in [0.25, 0.3) is 0 Å². The minimum absolute atomic E-state index is 0.00337. The largest absolute Gasteiger partial charge is 0.490 e. The van der Waals surface area contributed by atoms with E-state index in [0.717, 1.165) is 50.5 Å². The van der Waals surface area contributed by atoms with Crippen LogP contribution < -0.4 is 0 Å². The molecule has 0 radical (unpaired) electrons. The zero-order chi connectivity index (χ0) is 39.2. The predicted octanol–water partition coefficient (Wildman–Crippen LogP) is 3.21. The molecule has 6 N–H and O–H groups in total. The van der Waals surface area contributed by atoms with E-state index in [9.17, 15) is 30.6 Å². The Kier molecular flexibility index (Phi) is 11.2. The number of aliphatic hydroxyl groups is 6. The molecule has 4 aliphatic carbocycles. The van der Waals surface area contributed by atoms with Crippen LogP contribution in [0.15, 0.2) is 24.0 Å². The second-order valence-corrected chi connectivity index (χ2v) is 19.0. The van der Waals surface area contributed by atoms with Crippen LogP contribution in [0, 0.1) is 34.5 Å². The van der Waals surface area contributed by atoms with Crippen LogP contribution in [-0.4, -0.2) is 129 Å². The summed E-state index contributed by atoms with van der Waals surface area (Å²) in [4.78, 5) is 0. The third-order valence-electron chi connectivity index (χ3n) is 15.9. The lowest BCUT2D eigenvalue weighted by atomic mass is 9.43. The maximum Gasteiger partial charge on any atom is 0.161 e. The average molecular weight is 779 g/mol. The molecule has 4 heterocycles. The SMILES string of the molecule is C=C1C=C([C@H]2[C@@H](O)C[C@]3(O)[C@@H]4CC[C@@H]5C[C@@H](O[C@H]6C[C@@H](O)[C@H](O[C@H]7C[C@@H](O)[C@H](O[C@H]8C[C@@H](O)[C@H](O)C(C)O8)C(C)O7)C(C)O6)CC[C@]5(C)[C@H]4CC[C@]23C)CO1. The molecule has 8 aliphatic rings. The topological polar surface area (TPSA) is 186 Å². The van der Waals surface area contributed by atoms with E-state index in [1.165, 1.54) is 0 Å². The molecule has 4 aliphatic heterocycles. The number of hydrogen-bond acceptors (Lipinski definition) is 13. The van der Waals surface area contributed by atoms with Crippen molar-refractivity contribution in [1.82, 2.24) is 0 Å². The zero-order valence-corrected chi connectivity index (χ0v) is 33.2. The quantitative estimate of drug-likeness (QED) is 0.207. The number of rotatable bonds is 7. The molecule has 0 amide bonds. The molecule has 3 unspecified atom stereocenters. The van der Waals surface area contributed by atoms with Crippen LogP contribution in [0.4, 0.5) is 0 Å². The second-order valence-electron chi connectivity index (χ2n) is 19.0. The Morgan fingerprint density at radius 2 is 1.29 bits per heavy atom. The Balaban J connectivity index is 0.834. The Morgan fingerprint density at radius 3 is 1.87 bits per heavy atom. The maximum absolute atomic E-state index is 12.6. The third-order valence-corrected chi connectivity index (χ3v) is 15.9. The summed E-state index contributed by atoms with van der Waals surface area (Å²) in [5.41, 5.74) is -0.203. The van der Waals surface area contributed by atoms with Crippen LogP contribution >= 0.6 is 0 Å². The van der Waals surface area contributed by atoms with Gasteiger partial charge in [0.15, 0.2) is 18.9 Å². The molecule has 312 valence electrons. The van der Waals surface area contributed by atoms with E-state index in [4.69, 9.17) is 33.2 Å². The normalized spacial score (nSPS) is 55.5. The van der Waals surface area contributed by atoms with Gasteiger partial charge in [-0.25, -0.2) is 0 Å².